The van der Waals surface area contributed by atoms with Crippen molar-refractivity contribution in [1.29, 1.82) is 0 Å². The Balaban J connectivity index is 1.72. The topological polar surface area (TPSA) is 50.5 Å². The molecule has 0 bridgehead atoms. The lowest BCUT2D eigenvalue weighted by atomic mass is 10.1. The summed E-state index contributed by atoms with van der Waals surface area (Å²) in [4.78, 5) is 14.5. The third-order valence-electron chi connectivity index (χ3n) is 4.31. The highest BCUT2D eigenvalue weighted by Crippen LogP contribution is 2.33. The highest BCUT2D eigenvalue weighted by Gasteiger charge is 2.34. The molecule has 1 fully saturated rings. The van der Waals surface area contributed by atoms with E-state index < -0.39 is 5.82 Å². The van der Waals surface area contributed by atoms with E-state index in [9.17, 15) is 9.18 Å². The number of rotatable bonds is 2. The summed E-state index contributed by atoms with van der Waals surface area (Å²) in [6.45, 7) is 0.553. The number of pyridine rings is 1. The lowest BCUT2D eigenvalue weighted by molar-refractivity contribution is 0.0724. The average Bonchev–Trinajstić information content (AvgIpc) is 3.22. The summed E-state index contributed by atoms with van der Waals surface area (Å²) >= 11 is 5.92. The Labute approximate surface area is 142 Å². The van der Waals surface area contributed by atoms with Crippen molar-refractivity contribution in [2.24, 2.45) is 0 Å². The molecule has 0 aliphatic carbocycles. The first kappa shape index (κ1) is 15.1. The van der Waals surface area contributed by atoms with Crippen molar-refractivity contribution < 1.29 is 9.18 Å². The van der Waals surface area contributed by atoms with E-state index in [-0.39, 0.29) is 17.5 Å². The number of benzene rings is 1. The van der Waals surface area contributed by atoms with Gasteiger partial charge in [0.05, 0.1) is 11.6 Å². The fraction of sp³-hybridized carbons (Fsp3) is 0.235. The van der Waals surface area contributed by atoms with Crippen LogP contribution in [0.25, 0.3) is 5.65 Å². The standard InChI is InChI=1S/C17H14ClFN4O/c18-11-6-7-13(19)12(10-11)17(24)22-9-3-4-14(22)16-21-20-15-5-1-2-8-23(15)16/h1-2,5-8,10,14H,3-4,9H2. The van der Waals surface area contributed by atoms with Gasteiger partial charge in [-0.3, -0.25) is 9.20 Å². The van der Waals surface area contributed by atoms with E-state index in [1.165, 1.54) is 18.2 Å². The largest absolute Gasteiger partial charge is 0.328 e. The van der Waals surface area contributed by atoms with E-state index in [1.807, 2.05) is 28.8 Å². The number of carbonyl (C=O) groups excluding carboxylic acids is 1. The van der Waals surface area contributed by atoms with Crippen molar-refractivity contribution >= 4 is 23.2 Å². The molecule has 0 N–H and O–H groups in total. The summed E-state index contributed by atoms with van der Waals surface area (Å²) < 4.78 is 15.9. The Kier molecular flexibility index (Phi) is 3.69. The van der Waals surface area contributed by atoms with E-state index in [1.54, 1.807) is 4.90 Å². The molecule has 1 saturated heterocycles. The number of nitrogens with zero attached hydrogens (tertiary/aromatic N) is 4. The van der Waals surface area contributed by atoms with Gasteiger partial charge in [-0.05, 0) is 43.2 Å². The number of likely N-dealkylation sites (tertiary alicyclic amines) is 1. The van der Waals surface area contributed by atoms with Crippen LogP contribution in [0.5, 0.6) is 0 Å². The Hall–Kier alpha value is -2.47. The number of hydrogen-bond acceptors (Lipinski definition) is 3. The van der Waals surface area contributed by atoms with Gasteiger partial charge in [0.1, 0.15) is 5.82 Å². The Morgan fingerprint density at radius 2 is 2.12 bits per heavy atom. The van der Waals surface area contributed by atoms with Gasteiger partial charge < -0.3 is 4.90 Å². The summed E-state index contributed by atoms with van der Waals surface area (Å²) in [5.74, 6) is -0.245. The molecule has 3 aromatic rings. The minimum absolute atomic E-state index is 0.0109. The molecule has 0 radical (unpaired) electrons. The van der Waals surface area contributed by atoms with Gasteiger partial charge in [-0.25, -0.2) is 4.39 Å². The first-order valence-corrected chi connectivity index (χ1v) is 8.08. The van der Waals surface area contributed by atoms with Crippen LogP contribution in [0.2, 0.25) is 5.02 Å². The van der Waals surface area contributed by atoms with Gasteiger partial charge in [0, 0.05) is 17.8 Å². The highest BCUT2D eigenvalue weighted by atomic mass is 35.5. The predicted octanol–water partition coefficient (Wildman–Crippen LogP) is 3.50. The van der Waals surface area contributed by atoms with Crippen molar-refractivity contribution in [3.63, 3.8) is 0 Å². The zero-order valence-corrected chi connectivity index (χ0v) is 13.4. The minimum Gasteiger partial charge on any atom is -0.328 e. The van der Waals surface area contributed by atoms with Gasteiger partial charge in [-0.1, -0.05) is 17.7 Å². The van der Waals surface area contributed by atoms with Crippen molar-refractivity contribution in [3.8, 4) is 0 Å². The summed E-state index contributed by atoms with van der Waals surface area (Å²) in [5, 5.41) is 8.72. The quantitative estimate of drug-likeness (QED) is 0.715. The molecule has 5 nitrogen and oxygen atoms in total. The van der Waals surface area contributed by atoms with Gasteiger partial charge in [0.25, 0.3) is 5.91 Å². The predicted molar refractivity (Wildman–Crippen MR) is 87.4 cm³/mol. The second-order valence-electron chi connectivity index (χ2n) is 5.77. The van der Waals surface area contributed by atoms with Crippen molar-refractivity contribution in [2.75, 3.05) is 6.54 Å². The van der Waals surface area contributed by atoms with E-state index in [0.717, 1.165) is 18.5 Å². The molecule has 2 aromatic heterocycles. The van der Waals surface area contributed by atoms with Gasteiger partial charge in [0.2, 0.25) is 0 Å². The zero-order valence-electron chi connectivity index (χ0n) is 12.7. The number of hydrogen-bond donors (Lipinski definition) is 0. The molecule has 1 aliphatic heterocycles. The van der Waals surface area contributed by atoms with E-state index in [2.05, 4.69) is 10.2 Å². The number of amides is 1. The third-order valence-corrected chi connectivity index (χ3v) is 4.55. The molecule has 0 saturated carbocycles. The molecule has 7 heteroatoms. The molecule has 0 spiro atoms. The van der Waals surface area contributed by atoms with E-state index in [4.69, 9.17) is 11.6 Å². The maximum Gasteiger partial charge on any atom is 0.257 e. The Bertz CT molecular complexity index is 926. The second-order valence-corrected chi connectivity index (χ2v) is 6.20. The van der Waals surface area contributed by atoms with Crippen LogP contribution in [0.15, 0.2) is 42.6 Å². The molecule has 1 unspecified atom stereocenters. The van der Waals surface area contributed by atoms with Crippen LogP contribution in [0, 0.1) is 5.82 Å². The third kappa shape index (κ3) is 2.43. The molecule has 1 aromatic carbocycles. The summed E-state index contributed by atoms with van der Waals surface area (Å²) in [6.07, 6.45) is 3.47. The smallest absolute Gasteiger partial charge is 0.257 e. The average molecular weight is 345 g/mol. The number of halogens is 2. The molecule has 122 valence electrons. The van der Waals surface area contributed by atoms with Gasteiger partial charge in [0.15, 0.2) is 11.5 Å². The number of carbonyl (C=O) groups is 1. The monoisotopic (exact) mass is 344 g/mol. The molecule has 24 heavy (non-hydrogen) atoms. The van der Waals surface area contributed by atoms with Crippen molar-refractivity contribution in [3.05, 3.63) is 64.8 Å². The van der Waals surface area contributed by atoms with E-state index >= 15 is 0 Å². The highest BCUT2D eigenvalue weighted by molar-refractivity contribution is 6.31. The van der Waals surface area contributed by atoms with Crippen molar-refractivity contribution in [1.82, 2.24) is 19.5 Å². The molecule has 3 heterocycles. The normalized spacial score (nSPS) is 17.6. The van der Waals surface area contributed by atoms with Gasteiger partial charge >= 0.3 is 0 Å². The fourth-order valence-corrected chi connectivity index (χ4v) is 3.35. The second kappa shape index (κ2) is 5.87. The number of aromatic nitrogens is 3. The molecule has 1 amide bonds. The zero-order chi connectivity index (χ0) is 16.7. The first-order valence-electron chi connectivity index (χ1n) is 7.71. The molecular weight excluding hydrogens is 331 g/mol. The molecular formula is C17H14ClFN4O. The maximum absolute atomic E-state index is 14.1. The van der Waals surface area contributed by atoms with Crippen LogP contribution < -0.4 is 0 Å². The van der Waals surface area contributed by atoms with Gasteiger partial charge in [-0.15, -0.1) is 10.2 Å². The summed E-state index contributed by atoms with van der Waals surface area (Å²) in [6, 6.07) is 9.41. The SMILES string of the molecule is O=C(c1cc(Cl)ccc1F)N1CCCC1c1nnc2ccccn12. The molecule has 1 atom stereocenters. The molecule has 4 rings (SSSR count). The van der Waals surface area contributed by atoms with E-state index in [0.29, 0.717) is 17.4 Å². The molecule has 1 aliphatic rings. The Morgan fingerprint density at radius 3 is 3.00 bits per heavy atom. The maximum atomic E-state index is 14.1. The van der Waals surface area contributed by atoms with Gasteiger partial charge in [-0.2, -0.15) is 0 Å². The van der Waals surface area contributed by atoms with Crippen LogP contribution >= 0.6 is 11.6 Å². The minimum atomic E-state index is -0.568. The van der Waals surface area contributed by atoms with Crippen LogP contribution in [0.1, 0.15) is 35.1 Å². The number of fused-ring (bicyclic) bond motifs is 1. The first-order chi connectivity index (χ1) is 11.6. The Morgan fingerprint density at radius 1 is 1.25 bits per heavy atom. The van der Waals surface area contributed by atoms with Crippen LogP contribution in [-0.4, -0.2) is 31.9 Å². The van der Waals surface area contributed by atoms with Crippen LogP contribution in [0.4, 0.5) is 4.39 Å². The lowest BCUT2D eigenvalue weighted by Gasteiger charge is -2.23. The summed E-state index contributed by atoms with van der Waals surface area (Å²) in [7, 11) is 0. The van der Waals surface area contributed by atoms with Crippen LogP contribution in [0.3, 0.4) is 0 Å². The lowest BCUT2D eigenvalue weighted by Crippen LogP contribution is -2.32. The fourth-order valence-electron chi connectivity index (χ4n) is 3.18. The van der Waals surface area contributed by atoms with Crippen molar-refractivity contribution in [2.45, 2.75) is 18.9 Å². The van der Waals surface area contributed by atoms with Crippen LogP contribution in [-0.2, 0) is 0 Å². The summed E-state index contributed by atoms with van der Waals surface area (Å²) in [5.41, 5.74) is 0.712.